The first-order valence-corrected chi connectivity index (χ1v) is 6.10. The molecule has 0 radical (unpaired) electrons. The molecule has 1 amide bonds. The van der Waals surface area contributed by atoms with Gasteiger partial charge in [-0.15, -0.1) is 0 Å². The van der Waals surface area contributed by atoms with Gasteiger partial charge in [0.1, 0.15) is 0 Å². The second-order valence-corrected chi connectivity index (χ2v) is 4.78. The van der Waals surface area contributed by atoms with Crippen molar-refractivity contribution in [2.24, 2.45) is 0 Å². The molecule has 2 aliphatic heterocycles. The molecule has 2 saturated heterocycles. The number of hydrogen-bond donors (Lipinski definition) is 3. The Morgan fingerprint density at radius 2 is 2.25 bits per heavy atom. The van der Waals surface area contributed by atoms with E-state index in [1.165, 1.54) is 0 Å². The molecule has 0 aliphatic carbocycles. The first-order valence-electron chi connectivity index (χ1n) is 6.10. The van der Waals surface area contributed by atoms with E-state index in [4.69, 9.17) is 0 Å². The summed E-state index contributed by atoms with van der Waals surface area (Å²) in [5.74, 6) is 0.135. The van der Waals surface area contributed by atoms with Crippen LogP contribution in [-0.4, -0.2) is 60.3 Å². The molecule has 3 atom stereocenters. The summed E-state index contributed by atoms with van der Waals surface area (Å²) in [6.07, 6.45) is 1.94. The maximum Gasteiger partial charge on any atom is 0.241 e. The van der Waals surface area contributed by atoms with E-state index in [2.05, 4.69) is 17.6 Å². The molecule has 0 aromatic rings. The van der Waals surface area contributed by atoms with Crippen LogP contribution in [0.2, 0.25) is 0 Å². The molecule has 2 heterocycles. The van der Waals surface area contributed by atoms with Crippen molar-refractivity contribution in [3.8, 4) is 0 Å². The summed E-state index contributed by atoms with van der Waals surface area (Å²) in [6.45, 7) is 4.49. The zero-order chi connectivity index (χ0) is 11.5. The Hall–Kier alpha value is -0.650. The van der Waals surface area contributed by atoms with Crippen LogP contribution in [0.15, 0.2) is 0 Å². The highest BCUT2D eigenvalue weighted by Crippen LogP contribution is 2.17. The number of aliphatic hydroxyl groups is 1. The zero-order valence-electron chi connectivity index (χ0n) is 9.78. The molecule has 0 bridgehead atoms. The number of hydrogen-bond acceptors (Lipinski definition) is 4. The molecule has 0 aromatic heterocycles. The van der Waals surface area contributed by atoms with E-state index in [1.807, 2.05) is 4.90 Å². The van der Waals surface area contributed by atoms with Crippen molar-refractivity contribution in [3.05, 3.63) is 0 Å². The fourth-order valence-electron chi connectivity index (χ4n) is 2.47. The Labute approximate surface area is 96.2 Å². The number of likely N-dealkylation sites (tertiary alicyclic amines) is 1. The standard InChI is InChI=1S/C11H21N3O2/c1-8-5-13-10(6-12-8)11(16)14-4-2-3-9(14)7-15/h8-10,12-13,15H,2-7H2,1H3. The first-order chi connectivity index (χ1) is 7.72. The third kappa shape index (κ3) is 2.36. The summed E-state index contributed by atoms with van der Waals surface area (Å²) < 4.78 is 0. The monoisotopic (exact) mass is 227 g/mol. The Morgan fingerprint density at radius 3 is 2.88 bits per heavy atom. The van der Waals surface area contributed by atoms with Gasteiger partial charge in [0, 0.05) is 25.7 Å². The second kappa shape index (κ2) is 5.12. The number of carbonyl (C=O) groups excluding carboxylic acids is 1. The number of piperazine rings is 1. The highest BCUT2D eigenvalue weighted by molar-refractivity contribution is 5.83. The van der Waals surface area contributed by atoms with E-state index in [1.54, 1.807) is 0 Å². The number of nitrogens with zero attached hydrogens (tertiary/aromatic N) is 1. The predicted octanol–water partition coefficient (Wildman–Crippen LogP) is -1.08. The molecule has 0 saturated carbocycles. The van der Waals surface area contributed by atoms with E-state index >= 15 is 0 Å². The number of carbonyl (C=O) groups is 1. The fraction of sp³-hybridized carbons (Fsp3) is 0.909. The van der Waals surface area contributed by atoms with Crippen molar-refractivity contribution in [3.63, 3.8) is 0 Å². The van der Waals surface area contributed by atoms with Gasteiger partial charge in [0.05, 0.1) is 18.7 Å². The lowest BCUT2D eigenvalue weighted by Crippen LogP contribution is -2.60. The lowest BCUT2D eigenvalue weighted by atomic mass is 10.1. The van der Waals surface area contributed by atoms with Gasteiger partial charge in [0.2, 0.25) is 5.91 Å². The van der Waals surface area contributed by atoms with Gasteiger partial charge < -0.3 is 20.6 Å². The van der Waals surface area contributed by atoms with Gasteiger partial charge in [-0.1, -0.05) is 0 Å². The molecule has 5 nitrogen and oxygen atoms in total. The van der Waals surface area contributed by atoms with Crippen LogP contribution in [0.4, 0.5) is 0 Å². The van der Waals surface area contributed by atoms with Crippen molar-refractivity contribution in [2.45, 2.75) is 37.9 Å². The van der Waals surface area contributed by atoms with Crippen molar-refractivity contribution in [1.29, 1.82) is 0 Å². The van der Waals surface area contributed by atoms with Gasteiger partial charge in [-0.2, -0.15) is 0 Å². The molecule has 3 N–H and O–H groups in total. The van der Waals surface area contributed by atoms with Gasteiger partial charge in [-0.3, -0.25) is 4.79 Å². The van der Waals surface area contributed by atoms with Crippen molar-refractivity contribution >= 4 is 5.91 Å². The Bertz CT molecular complexity index is 252. The Balaban J connectivity index is 1.91. The largest absolute Gasteiger partial charge is 0.394 e. The smallest absolute Gasteiger partial charge is 0.241 e. The predicted molar refractivity (Wildman–Crippen MR) is 61.1 cm³/mol. The summed E-state index contributed by atoms with van der Waals surface area (Å²) in [7, 11) is 0. The van der Waals surface area contributed by atoms with Crippen molar-refractivity contribution in [2.75, 3.05) is 26.2 Å². The lowest BCUT2D eigenvalue weighted by Gasteiger charge is -2.33. The quantitative estimate of drug-likeness (QED) is 0.561. The lowest BCUT2D eigenvalue weighted by molar-refractivity contribution is -0.135. The van der Waals surface area contributed by atoms with Crippen LogP contribution < -0.4 is 10.6 Å². The van der Waals surface area contributed by atoms with Gasteiger partial charge in [0.25, 0.3) is 0 Å². The summed E-state index contributed by atoms with van der Waals surface area (Å²) >= 11 is 0. The van der Waals surface area contributed by atoms with Crippen LogP contribution in [-0.2, 0) is 4.79 Å². The minimum atomic E-state index is -0.122. The molecule has 2 fully saturated rings. The minimum absolute atomic E-state index is 0.0358. The third-order valence-electron chi connectivity index (χ3n) is 3.51. The molecular formula is C11H21N3O2. The highest BCUT2D eigenvalue weighted by atomic mass is 16.3. The number of aliphatic hydroxyl groups excluding tert-OH is 1. The Morgan fingerprint density at radius 1 is 1.44 bits per heavy atom. The molecule has 16 heavy (non-hydrogen) atoms. The maximum absolute atomic E-state index is 12.2. The summed E-state index contributed by atoms with van der Waals surface area (Å²) in [5.41, 5.74) is 0. The summed E-state index contributed by atoms with van der Waals surface area (Å²) in [5, 5.41) is 15.7. The van der Waals surface area contributed by atoms with Crippen LogP contribution in [0, 0.1) is 0 Å². The van der Waals surface area contributed by atoms with Crippen LogP contribution in [0.25, 0.3) is 0 Å². The molecular weight excluding hydrogens is 206 g/mol. The summed E-state index contributed by atoms with van der Waals surface area (Å²) in [6, 6.07) is 0.341. The van der Waals surface area contributed by atoms with E-state index < -0.39 is 0 Å². The van der Waals surface area contributed by atoms with Gasteiger partial charge in [-0.05, 0) is 19.8 Å². The SMILES string of the molecule is CC1CNC(C(=O)N2CCCC2CO)CN1. The van der Waals surface area contributed by atoms with E-state index in [-0.39, 0.29) is 24.6 Å². The number of amides is 1. The molecule has 3 unspecified atom stereocenters. The Kier molecular flexibility index (Phi) is 3.78. The maximum atomic E-state index is 12.2. The third-order valence-corrected chi connectivity index (χ3v) is 3.51. The number of nitrogens with one attached hydrogen (secondary N) is 2. The first kappa shape index (κ1) is 11.8. The molecule has 92 valence electrons. The molecule has 0 spiro atoms. The summed E-state index contributed by atoms with van der Waals surface area (Å²) in [4.78, 5) is 14.0. The van der Waals surface area contributed by atoms with Crippen LogP contribution in [0.1, 0.15) is 19.8 Å². The minimum Gasteiger partial charge on any atom is -0.394 e. The van der Waals surface area contributed by atoms with E-state index in [0.29, 0.717) is 12.6 Å². The fourth-order valence-corrected chi connectivity index (χ4v) is 2.47. The van der Waals surface area contributed by atoms with Gasteiger partial charge in [0.15, 0.2) is 0 Å². The molecule has 0 aromatic carbocycles. The van der Waals surface area contributed by atoms with Gasteiger partial charge in [-0.25, -0.2) is 0 Å². The molecule has 2 aliphatic rings. The average molecular weight is 227 g/mol. The highest BCUT2D eigenvalue weighted by Gasteiger charge is 2.33. The van der Waals surface area contributed by atoms with Crippen LogP contribution in [0.3, 0.4) is 0 Å². The van der Waals surface area contributed by atoms with Crippen LogP contribution in [0.5, 0.6) is 0 Å². The molecule has 2 rings (SSSR count). The normalized spacial score (nSPS) is 35.4. The average Bonchev–Trinajstić information content (AvgIpc) is 2.77. The topological polar surface area (TPSA) is 64.6 Å². The van der Waals surface area contributed by atoms with Gasteiger partial charge >= 0.3 is 0 Å². The zero-order valence-corrected chi connectivity index (χ0v) is 9.78. The van der Waals surface area contributed by atoms with E-state index in [0.717, 1.165) is 25.9 Å². The molecule has 5 heteroatoms. The van der Waals surface area contributed by atoms with Crippen molar-refractivity contribution in [1.82, 2.24) is 15.5 Å². The van der Waals surface area contributed by atoms with E-state index in [9.17, 15) is 9.90 Å². The second-order valence-electron chi connectivity index (χ2n) is 4.78. The van der Waals surface area contributed by atoms with Crippen LogP contribution >= 0.6 is 0 Å². The van der Waals surface area contributed by atoms with Crippen molar-refractivity contribution < 1.29 is 9.90 Å². The number of rotatable bonds is 2.